The third-order valence-electron chi connectivity index (χ3n) is 13.4. The molecule has 3 N–H and O–H groups in total. The summed E-state index contributed by atoms with van der Waals surface area (Å²) in [6.07, 6.45) is 55.8. The summed E-state index contributed by atoms with van der Waals surface area (Å²) in [6, 6.07) is -0.755. The summed E-state index contributed by atoms with van der Waals surface area (Å²) < 4.78 is 23.8. The van der Waals surface area contributed by atoms with Crippen molar-refractivity contribution in [3.63, 3.8) is 0 Å². The number of likely N-dealkylation sites (N-methyl/N-ethyl adjacent to an activating group) is 1. The Morgan fingerprint density at radius 2 is 0.750 bits per heavy atom. The molecule has 9 heteroatoms. The van der Waals surface area contributed by atoms with E-state index in [0.29, 0.717) is 23.9 Å². The lowest BCUT2D eigenvalue weighted by Gasteiger charge is -2.26. The van der Waals surface area contributed by atoms with Gasteiger partial charge < -0.3 is 19.8 Å². The average Bonchev–Trinajstić information content (AvgIpc) is 3.25. The normalized spacial score (nSPS) is 13.9. The minimum absolute atomic E-state index is 0.0791. The number of nitrogens with zero attached hydrogens (tertiary/aromatic N) is 1. The van der Waals surface area contributed by atoms with Crippen LogP contribution in [0.15, 0.2) is 0 Å². The maximum atomic E-state index is 13.0. The molecule has 0 aliphatic heterocycles. The molecule has 0 heterocycles. The van der Waals surface area contributed by atoms with Gasteiger partial charge in [0.1, 0.15) is 13.2 Å². The van der Waals surface area contributed by atoms with Gasteiger partial charge in [-0.15, -0.1) is 0 Å². The van der Waals surface area contributed by atoms with E-state index in [-0.39, 0.29) is 19.1 Å². The van der Waals surface area contributed by atoms with Crippen LogP contribution in [-0.4, -0.2) is 73.4 Å². The molecule has 64 heavy (non-hydrogen) atoms. The first-order chi connectivity index (χ1) is 31.0. The Kier molecular flexibility index (Phi) is 47.2. The lowest BCUT2D eigenvalue weighted by Crippen LogP contribution is -2.46. The Morgan fingerprint density at radius 3 is 1.05 bits per heavy atom. The summed E-state index contributed by atoms with van der Waals surface area (Å²) >= 11 is 0. The molecule has 0 aromatic heterocycles. The number of carbonyl (C=O) groups is 1. The Morgan fingerprint density at radius 1 is 0.469 bits per heavy atom. The summed E-state index contributed by atoms with van der Waals surface area (Å²) in [7, 11) is 1.64. The highest BCUT2D eigenvalue weighted by atomic mass is 31.2. The fourth-order valence-corrected chi connectivity index (χ4v) is 9.61. The Hall–Kier alpha value is -0.500. The first kappa shape index (κ1) is 63.5. The third kappa shape index (κ3) is 49.4. The Labute approximate surface area is 399 Å². The summed E-state index contributed by atoms with van der Waals surface area (Å²) in [6.45, 7) is 4.94. The number of phosphoric ester groups is 1. The molecule has 0 aliphatic rings. The topological polar surface area (TPSA) is 105 Å². The second-order valence-corrected chi connectivity index (χ2v) is 22.5. The quantitative estimate of drug-likeness (QED) is 0.0319. The van der Waals surface area contributed by atoms with Gasteiger partial charge in [-0.1, -0.05) is 277 Å². The molecule has 0 saturated heterocycles. The molecular formula is C55H114N2O6P+. The van der Waals surface area contributed by atoms with Gasteiger partial charge in [0, 0.05) is 6.42 Å². The van der Waals surface area contributed by atoms with Gasteiger partial charge in [-0.2, -0.15) is 0 Å². The number of amides is 1. The smallest absolute Gasteiger partial charge is 0.391 e. The van der Waals surface area contributed by atoms with Crippen molar-refractivity contribution in [1.29, 1.82) is 0 Å². The SMILES string of the molecule is CCCCCCCCCCCCCCCCCCCCCCCCCCC(O)C(COP(=O)(O)OCC[N+](C)(C)C)NC(=O)CCCCCCCCCCCCCCCCCCCC. The van der Waals surface area contributed by atoms with Crippen molar-refractivity contribution in [2.75, 3.05) is 40.9 Å². The van der Waals surface area contributed by atoms with E-state index in [9.17, 15) is 19.4 Å². The van der Waals surface area contributed by atoms with Crippen molar-refractivity contribution in [2.45, 2.75) is 309 Å². The number of aliphatic hydroxyl groups is 1. The summed E-state index contributed by atoms with van der Waals surface area (Å²) in [5.41, 5.74) is 0. The fourth-order valence-electron chi connectivity index (χ4n) is 8.87. The van der Waals surface area contributed by atoms with Gasteiger partial charge in [-0.25, -0.2) is 4.57 Å². The highest BCUT2D eigenvalue weighted by Crippen LogP contribution is 2.43. The van der Waals surface area contributed by atoms with Crippen molar-refractivity contribution in [1.82, 2.24) is 5.32 Å². The zero-order valence-electron chi connectivity index (χ0n) is 43.8. The zero-order chi connectivity index (χ0) is 47.1. The Bertz CT molecular complexity index is 1010. The monoisotopic (exact) mass is 930 g/mol. The predicted molar refractivity (Wildman–Crippen MR) is 277 cm³/mol. The largest absolute Gasteiger partial charge is 0.472 e. The van der Waals surface area contributed by atoms with Gasteiger partial charge in [0.2, 0.25) is 5.91 Å². The molecule has 0 aromatic carbocycles. The molecule has 0 radical (unpaired) electrons. The first-order valence-electron chi connectivity index (χ1n) is 28.4. The molecule has 0 aliphatic carbocycles. The van der Waals surface area contributed by atoms with Crippen LogP contribution in [0.5, 0.6) is 0 Å². The Balaban J connectivity index is 4.13. The molecule has 0 saturated carbocycles. The van der Waals surface area contributed by atoms with Gasteiger partial charge in [-0.05, 0) is 12.8 Å². The van der Waals surface area contributed by atoms with Gasteiger partial charge in [0.15, 0.2) is 0 Å². The van der Waals surface area contributed by atoms with Crippen LogP contribution in [0.4, 0.5) is 0 Å². The number of phosphoric acid groups is 1. The van der Waals surface area contributed by atoms with E-state index < -0.39 is 20.0 Å². The second kappa shape index (κ2) is 47.6. The van der Waals surface area contributed by atoms with Crippen LogP contribution in [0, 0.1) is 0 Å². The fraction of sp³-hybridized carbons (Fsp3) is 0.982. The maximum absolute atomic E-state index is 13.0. The molecule has 0 fully saturated rings. The van der Waals surface area contributed by atoms with Crippen LogP contribution >= 0.6 is 7.82 Å². The lowest BCUT2D eigenvalue weighted by atomic mass is 10.0. The van der Waals surface area contributed by atoms with Crippen LogP contribution in [0.25, 0.3) is 0 Å². The molecule has 1 amide bonds. The summed E-state index contributed by atoms with van der Waals surface area (Å²) in [4.78, 5) is 23.3. The molecule has 0 spiro atoms. The van der Waals surface area contributed by atoms with Crippen LogP contribution in [0.1, 0.15) is 296 Å². The van der Waals surface area contributed by atoms with Gasteiger partial charge in [-0.3, -0.25) is 13.8 Å². The minimum atomic E-state index is -4.32. The number of nitrogens with one attached hydrogen (secondary N) is 1. The van der Waals surface area contributed by atoms with Gasteiger partial charge >= 0.3 is 7.82 Å². The van der Waals surface area contributed by atoms with Crippen molar-refractivity contribution in [3.05, 3.63) is 0 Å². The number of hydrogen-bond donors (Lipinski definition) is 3. The van der Waals surface area contributed by atoms with E-state index >= 15 is 0 Å². The standard InChI is InChI=1S/C55H113N2O6P/c1-6-8-10-12-14-16-18-20-22-24-26-27-28-29-30-31-32-34-36-38-40-42-44-46-48-54(58)53(52-63-64(60,61)62-51-50-57(3,4)5)56-55(59)49-47-45-43-41-39-37-35-33-25-23-21-19-17-15-13-11-9-7-2/h53-54,58H,6-52H2,1-5H3,(H-,56,59,60,61)/p+1. The number of hydrogen-bond acceptors (Lipinski definition) is 5. The predicted octanol–water partition coefficient (Wildman–Crippen LogP) is 16.9. The van der Waals surface area contributed by atoms with Crippen LogP contribution in [0.3, 0.4) is 0 Å². The average molecular weight is 930 g/mol. The van der Waals surface area contributed by atoms with E-state index in [0.717, 1.165) is 38.5 Å². The zero-order valence-corrected chi connectivity index (χ0v) is 44.7. The van der Waals surface area contributed by atoms with Crippen molar-refractivity contribution in [3.8, 4) is 0 Å². The summed E-state index contributed by atoms with van der Waals surface area (Å²) in [5.74, 6) is -0.137. The minimum Gasteiger partial charge on any atom is -0.391 e. The number of quaternary nitrogens is 1. The number of aliphatic hydroxyl groups excluding tert-OH is 1. The molecule has 3 unspecified atom stereocenters. The van der Waals surface area contributed by atoms with Crippen LogP contribution in [0.2, 0.25) is 0 Å². The van der Waals surface area contributed by atoms with Crippen molar-refractivity contribution >= 4 is 13.7 Å². The van der Waals surface area contributed by atoms with E-state index in [2.05, 4.69) is 19.2 Å². The number of carbonyl (C=O) groups excluding carboxylic acids is 1. The maximum Gasteiger partial charge on any atom is 0.472 e. The van der Waals surface area contributed by atoms with Crippen LogP contribution < -0.4 is 5.32 Å². The van der Waals surface area contributed by atoms with Crippen LogP contribution in [-0.2, 0) is 18.4 Å². The second-order valence-electron chi connectivity index (χ2n) is 21.0. The molecule has 3 atom stereocenters. The molecule has 384 valence electrons. The van der Waals surface area contributed by atoms with Gasteiger partial charge in [0.05, 0.1) is 39.9 Å². The molecule has 8 nitrogen and oxygen atoms in total. The molecule has 0 aromatic rings. The molecule has 0 bridgehead atoms. The molecule has 0 rings (SSSR count). The number of rotatable bonds is 53. The van der Waals surface area contributed by atoms with E-state index in [1.54, 1.807) is 0 Å². The third-order valence-corrected chi connectivity index (χ3v) is 14.3. The lowest BCUT2D eigenvalue weighted by molar-refractivity contribution is -0.870. The highest BCUT2D eigenvalue weighted by Gasteiger charge is 2.28. The number of unbranched alkanes of at least 4 members (excludes halogenated alkanes) is 40. The first-order valence-corrected chi connectivity index (χ1v) is 29.9. The molecular weight excluding hydrogens is 816 g/mol. The highest BCUT2D eigenvalue weighted by molar-refractivity contribution is 7.47. The van der Waals surface area contributed by atoms with Crippen molar-refractivity contribution in [2.24, 2.45) is 0 Å². The van der Waals surface area contributed by atoms with Gasteiger partial charge in [0.25, 0.3) is 0 Å². The van der Waals surface area contributed by atoms with E-state index in [4.69, 9.17) is 9.05 Å². The summed E-state index contributed by atoms with van der Waals surface area (Å²) in [5, 5.41) is 14.1. The van der Waals surface area contributed by atoms with E-state index in [1.165, 1.54) is 231 Å². The van der Waals surface area contributed by atoms with E-state index in [1.807, 2.05) is 21.1 Å². The van der Waals surface area contributed by atoms with Crippen molar-refractivity contribution < 1.29 is 32.9 Å².